The molecule has 19 heavy (non-hydrogen) atoms. The fourth-order valence-corrected chi connectivity index (χ4v) is 1.98. The summed E-state index contributed by atoms with van der Waals surface area (Å²) >= 11 is 0. The first kappa shape index (κ1) is 15.6. The molecule has 0 spiro atoms. The van der Waals surface area contributed by atoms with E-state index < -0.39 is 0 Å². The second-order valence-electron chi connectivity index (χ2n) is 4.74. The third-order valence-corrected chi connectivity index (χ3v) is 3.05. The Morgan fingerprint density at radius 2 is 1.74 bits per heavy atom. The summed E-state index contributed by atoms with van der Waals surface area (Å²) < 4.78 is 5.68. The molecule has 0 atom stereocenters. The molecular formula is C18H26O. The van der Waals surface area contributed by atoms with Gasteiger partial charge >= 0.3 is 0 Å². The van der Waals surface area contributed by atoms with E-state index in [4.69, 9.17) is 4.74 Å². The van der Waals surface area contributed by atoms with Crippen LogP contribution in [0.2, 0.25) is 0 Å². The number of benzene rings is 1. The lowest BCUT2D eigenvalue weighted by Gasteiger charge is -2.10. The van der Waals surface area contributed by atoms with Crippen molar-refractivity contribution in [1.82, 2.24) is 0 Å². The van der Waals surface area contributed by atoms with Gasteiger partial charge in [-0.15, -0.1) is 11.8 Å². The van der Waals surface area contributed by atoms with Gasteiger partial charge in [-0.3, -0.25) is 0 Å². The van der Waals surface area contributed by atoms with Crippen LogP contribution in [0.15, 0.2) is 18.2 Å². The van der Waals surface area contributed by atoms with E-state index in [9.17, 15) is 0 Å². The van der Waals surface area contributed by atoms with Crippen LogP contribution < -0.4 is 4.74 Å². The van der Waals surface area contributed by atoms with E-state index in [2.05, 4.69) is 50.8 Å². The molecular weight excluding hydrogens is 232 g/mol. The maximum absolute atomic E-state index is 5.68. The highest BCUT2D eigenvalue weighted by molar-refractivity contribution is 5.36. The van der Waals surface area contributed by atoms with Crippen molar-refractivity contribution in [1.29, 1.82) is 0 Å². The zero-order valence-corrected chi connectivity index (χ0v) is 12.6. The first-order chi connectivity index (χ1) is 9.31. The Morgan fingerprint density at radius 3 is 2.42 bits per heavy atom. The van der Waals surface area contributed by atoms with Crippen LogP contribution in [0.4, 0.5) is 0 Å². The van der Waals surface area contributed by atoms with Crippen LogP contribution in [0, 0.1) is 11.8 Å². The first-order valence-electron chi connectivity index (χ1n) is 7.52. The molecule has 1 rings (SSSR count). The highest BCUT2D eigenvalue weighted by Crippen LogP contribution is 2.20. The molecule has 0 aliphatic carbocycles. The van der Waals surface area contributed by atoms with Crippen molar-refractivity contribution in [2.45, 2.75) is 59.3 Å². The molecule has 1 nitrogen and oxygen atoms in total. The van der Waals surface area contributed by atoms with Gasteiger partial charge in [0.25, 0.3) is 0 Å². The Labute approximate surface area is 118 Å². The van der Waals surface area contributed by atoms with Gasteiger partial charge in [0.1, 0.15) is 5.75 Å². The SMILES string of the molecule is CCCC#CCCc1ccc(OCCC)cc1CC. The number of hydrogen-bond acceptors (Lipinski definition) is 1. The summed E-state index contributed by atoms with van der Waals surface area (Å²) in [4.78, 5) is 0. The quantitative estimate of drug-likeness (QED) is 0.640. The van der Waals surface area contributed by atoms with E-state index in [1.807, 2.05) is 0 Å². The number of unbranched alkanes of at least 4 members (excludes halogenated alkanes) is 1. The largest absolute Gasteiger partial charge is 0.494 e. The van der Waals surface area contributed by atoms with Gasteiger partial charge < -0.3 is 4.74 Å². The van der Waals surface area contributed by atoms with Crippen molar-refractivity contribution in [2.75, 3.05) is 6.61 Å². The van der Waals surface area contributed by atoms with E-state index >= 15 is 0 Å². The van der Waals surface area contributed by atoms with Crippen LogP contribution in [0.5, 0.6) is 5.75 Å². The molecule has 0 heterocycles. The molecule has 1 aromatic rings. The summed E-state index contributed by atoms with van der Waals surface area (Å²) in [6, 6.07) is 6.47. The van der Waals surface area contributed by atoms with E-state index in [0.29, 0.717) is 0 Å². The van der Waals surface area contributed by atoms with E-state index in [0.717, 1.165) is 50.9 Å². The van der Waals surface area contributed by atoms with Crippen molar-refractivity contribution in [3.05, 3.63) is 29.3 Å². The number of ether oxygens (including phenoxy) is 1. The highest BCUT2D eigenvalue weighted by atomic mass is 16.5. The van der Waals surface area contributed by atoms with Crippen LogP contribution in [-0.2, 0) is 12.8 Å². The molecule has 0 bridgehead atoms. The predicted molar refractivity (Wildman–Crippen MR) is 82.6 cm³/mol. The molecule has 1 heteroatoms. The molecule has 0 aliphatic heterocycles. The van der Waals surface area contributed by atoms with Gasteiger partial charge in [0, 0.05) is 12.8 Å². The lowest BCUT2D eigenvalue weighted by Crippen LogP contribution is -1.98. The Hall–Kier alpha value is -1.42. The van der Waals surface area contributed by atoms with Crippen LogP contribution >= 0.6 is 0 Å². The van der Waals surface area contributed by atoms with E-state index in [1.54, 1.807) is 0 Å². The monoisotopic (exact) mass is 258 g/mol. The Bertz CT molecular complexity index is 423. The minimum Gasteiger partial charge on any atom is -0.494 e. The molecule has 0 amide bonds. The summed E-state index contributed by atoms with van der Waals surface area (Å²) in [5, 5.41) is 0. The Kier molecular flexibility index (Phi) is 7.82. The predicted octanol–water partition coefficient (Wildman–Crippen LogP) is 4.77. The minimum atomic E-state index is 0.797. The number of rotatable bonds is 7. The van der Waals surface area contributed by atoms with Gasteiger partial charge in [-0.05, 0) is 48.9 Å². The summed E-state index contributed by atoms with van der Waals surface area (Å²) in [6.07, 6.45) is 6.29. The van der Waals surface area contributed by atoms with Gasteiger partial charge in [0.2, 0.25) is 0 Å². The van der Waals surface area contributed by atoms with E-state index in [1.165, 1.54) is 11.1 Å². The summed E-state index contributed by atoms with van der Waals surface area (Å²) in [6.45, 7) is 7.29. The average molecular weight is 258 g/mol. The summed E-state index contributed by atoms with van der Waals surface area (Å²) in [5.74, 6) is 7.46. The number of aryl methyl sites for hydroxylation is 2. The average Bonchev–Trinajstić information content (AvgIpc) is 2.45. The second-order valence-corrected chi connectivity index (χ2v) is 4.74. The second kappa shape index (κ2) is 9.50. The lowest BCUT2D eigenvalue weighted by atomic mass is 10.0. The molecule has 0 saturated carbocycles. The van der Waals surface area contributed by atoms with Crippen LogP contribution in [-0.4, -0.2) is 6.61 Å². The van der Waals surface area contributed by atoms with E-state index in [-0.39, 0.29) is 0 Å². The lowest BCUT2D eigenvalue weighted by molar-refractivity contribution is 0.317. The first-order valence-corrected chi connectivity index (χ1v) is 7.52. The maximum atomic E-state index is 5.68. The van der Waals surface area contributed by atoms with Crippen molar-refractivity contribution in [3.63, 3.8) is 0 Å². The normalized spacial score (nSPS) is 9.84. The molecule has 0 aromatic heterocycles. The summed E-state index contributed by atoms with van der Waals surface area (Å²) in [7, 11) is 0. The van der Waals surface area contributed by atoms with Crippen molar-refractivity contribution >= 4 is 0 Å². The molecule has 0 saturated heterocycles. The molecule has 0 unspecified atom stereocenters. The van der Waals surface area contributed by atoms with Gasteiger partial charge in [0.05, 0.1) is 6.61 Å². The number of hydrogen-bond donors (Lipinski definition) is 0. The van der Waals surface area contributed by atoms with Gasteiger partial charge in [-0.25, -0.2) is 0 Å². The van der Waals surface area contributed by atoms with Gasteiger partial charge in [0.15, 0.2) is 0 Å². The molecule has 104 valence electrons. The zero-order valence-electron chi connectivity index (χ0n) is 12.6. The third kappa shape index (κ3) is 5.83. The Morgan fingerprint density at radius 1 is 0.947 bits per heavy atom. The van der Waals surface area contributed by atoms with Crippen molar-refractivity contribution < 1.29 is 4.74 Å². The zero-order chi connectivity index (χ0) is 13.9. The Balaban J connectivity index is 2.60. The molecule has 0 aliphatic rings. The standard InChI is InChI=1S/C18H26O/c1-4-7-8-9-10-11-17-12-13-18(19-14-5-2)15-16(17)6-3/h12-13,15H,4-7,10-11,14H2,1-3H3. The minimum absolute atomic E-state index is 0.797. The van der Waals surface area contributed by atoms with Crippen LogP contribution in [0.25, 0.3) is 0 Å². The van der Waals surface area contributed by atoms with Crippen molar-refractivity contribution in [3.8, 4) is 17.6 Å². The van der Waals surface area contributed by atoms with Crippen molar-refractivity contribution in [2.24, 2.45) is 0 Å². The maximum Gasteiger partial charge on any atom is 0.119 e. The molecule has 0 N–H and O–H groups in total. The van der Waals surface area contributed by atoms with Crippen LogP contribution in [0.3, 0.4) is 0 Å². The molecule has 0 radical (unpaired) electrons. The highest BCUT2D eigenvalue weighted by Gasteiger charge is 2.02. The third-order valence-electron chi connectivity index (χ3n) is 3.05. The molecule has 1 aromatic carbocycles. The smallest absolute Gasteiger partial charge is 0.119 e. The van der Waals surface area contributed by atoms with Gasteiger partial charge in [-0.2, -0.15) is 0 Å². The molecule has 0 fully saturated rings. The topological polar surface area (TPSA) is 9.23 Å². The van der Waals surface area contributed by atoms with Crippen LogP contribution in [0.1, 0.15) is 57.6 Å². The van der Waals surface area contributed by atoms with Gasteiger partial charge in [-0.1, -0.05) is 26.8 Å². The fourth-order valence-electron chi connectivity index (χ4n) is 1.98. The summed E-state index contributed by atoms with van der Waals surface area (Å²) in [5.41, 5.74) is 2.81. The fraction of sp³-hybridized carbons (Fsp3) is 0.556.